The highest BCUT2D eigenvalue weighted by Crippen LogP contribution is 2.57. The Morgan fingerprint density at radius 1 is 0.195 bits per heavy atom. The molecule has 0 aromatic heterocycles. The summed E-state index contributed by atoms with van der Waals surface area (Å²) in [6.45, 7) is 0. The van der Waals surface area contributed by atoms with Gasteiger partial charge >= 0.3 is 0 Å². The Kier molecular flexibility index (Phi) is 11.5. The predicted molar refractivity (Wildman–Crippen MR) is 324 cm³/mol. The second-order valence-electron chi connectivity index (χ2n) is 20.0. The maximum absolute atomic E-state index is 2.48. The van der Waals surface area contributed by atoms with E-state index in [0.717, 1.165) is 45.3 Å². The molecule has 0 saturated heterocycles. The Balaban J connectivity index is 0.865. The molecule has 14 rings (SSSR count). The molecule has 0 unspecified atom stereocenters. The van der Waals surface area contributed by atoms with Crippen LogP contribution in [0, 0.1) is 0 Å². The van der Waals surface area contributed by atoms with Gasteiger partial charge < -0.3 is 9.80 Å². The molecule has 0 spiro atoms. The van der Waals surface area contributed by atoms with Crippen LogP contribution in [0.2, 0.25) is 0 Å². The van der Waals surface area contributed by atoms with Gasteiger partial charge in [0.1, 0.15) is 0 Å². The van der Waals surface area contributed by atoms with Crippen LogP contribution in [0.25, 0.3) is 66.1 Å². The van der Waals surface area contributed by atoms with Crippen molar-refractivity contribution in [3.63, 3.8) is 0 Å². The van der Waals surface area contributed by atoms with Crippen molar-refractivity contribution >= 4 is 55.7 Å². The van der Waals surface area contributed by atoms with Crippen molar-refractivity contribution in [2.75, 3.05) is 9.80 Å². The minimum atomic E-state index is -0.536. The number of anilines is 6. The second-order valence-corrected chi connectivity index (χ2v) is 20.0. The van der Waals surface area contributed by atoms with E-state index in [1.54, 1.807) is 0 Å². The predicted octanol–water partition coefficient (Wildman–Crippen LogP) is 20.3. The highest BCUT2D eigenvalue weighted by Gasteiger charge is 2.45. The molecular formula is C75H52N2. The van der Waals surface area contributed by atoms with Gasteiger partial charge in [-0.15, -0.1) is 0 Å². The zero-order valence-corrected chi connectivity index (χ0v) is 42.4. The summed E-state index contributed by atoms with van der Waals surface area (Å²) in [5.41, 5.74) is 20.6. The normalized spacial score (nSPS) is 12.3. The molecule has 2 nitrogen and oxygen atoms in total. The van der Waals surface area contributed by atoms with E-state index in [0.29, 0.717) is 0 Å². The van der Waals surface area contributed by atoms with Crippen LogP contribution in [0.1, 0.15) is 22.3 Å². The van der Waals surface area contributed by atoms with E-state index in [-0.39, 0.29) is 0 Å². The van der Waals surface area contributed by atoms with E-state index in [1.165, 1.54) is 77.2 Å². The number of rotatable bonds is 12. The number of hydrogen-bond acceptors (Lipinski definition) is 2. The Morgan fingerprint density at radius 2 is 0.494 bits per heavy atom. The Labute approximate surface area is 450 Å². The summed E-state index contributed by atoms with van der Waals surface area (Å²) in [6.07, 6.45) is 0. The Hall–Kier alpha value is -10.0. The first kappa shape index (κ1) is 45.6. The first-order valence-corrected chi connectivity index (χ1v) is 26.6. The van der Waals surface area contributed by atoms with Gasteiger partial charge in [-0.05, 0) is 161 Å². The van der Waals surface area contributed by atoms with Gasteiger partial charge in [-0.3, -0.25) is 0 Å². The molecule has 0 aliphatic heterocycles. The van der Waals surface area contributed by atoms with Crippen molar-refractivity contribution < 1.29 is 0 Å². The van der Waals surface area contributed by atoms with Crippen LogP contribution in [0.4, 0.5) is 34.1 Å². The molecule has 0 bridgehead atoms. The maximum Gasteiger partial charge on any atom is 0.0714 e. The zero-order chi connectivity index (χ0) is 51.1. The van der Waals surface area contributed by atoms with Gasteiger partial charge in [0.25, 0.3) is 0 Å². The summed E-state index contributed by atoms with van der Waals surface area (Å²) >= 11 is 0. The van der Waals surface area contributed by atoms with Gasteiger partial charge in [-0.2, -0.15) is 0 Å². The van der Waals surface area contributed by atoms with Gasteiger partial charge in [0, 0.05) is 34.1 Å². The van der Waals surface area contributed by atoms with Crippen LogP contribution >= 0.6 is 0 Å². The molecule has 0 heterocycles. The fraction of sp³-hybridized carbons (Fsp3) is 0.0133. The quantitative estimate of drug-likeness (QED) is 0.113. The molecular weight excluding hydrogens is 929 g/mol. The van der Waals surface area contributed by atoms with Crippen LogP contribution in [0.15, 0.2) is 315 Å². The van der Waals surface area contributed by atoms with Crippen molar-refractivity contribution in [3.8, 4) is 44.5 Å². The lowest BCUT2D eigenvalue weighted by Crippen LogP contribution is -2.29. The minimum absolute atomic E-state index is 0.536. The molecule has 77 heavy (non-hydrogen) atoms. The maximum atomic E-state index is 2.48. The molecule has 0 saturated carbocycles. The molecule has 1 aliphatic carbocycles. The van der Waals surface area contributed by atoms with Crippen molar-refractivity contribution in [2.45, 2.75) is 5.41 Å². The second kappa shape index (κ2) is 19.4. The summed E-state index contributed by atoms with van der Waals surface area (Å²) in [5.74, 6) is 0. The molecule has 0 atom stereocenters. The standard InChI is InChI=1S/C75H52N2/c1-6-17-53(18-7-1)56-31-41-65(42-32-56)76(66-43-33-57(34-44-66)54-19-8-2-9-20-54)67-45-37-59(38-46-67)60-39-49-69(50-40-60)77(68-47-35-58(36-48-68)55-21-10-3-11-22-55)70-51-62-30-29-61-23-16-28-71-73(61)74(62)72(52-70)75(71,63-24-12-4-13-25-63)64-26-14-5-15-27-64/h1-52H. The molecule has 0 amide bonds. The third-order valence-corrected chi connectivity index (χ3v) is 15.7. The van der Waals surface area contributed by atoms with Crippen LogP contribution < -0.4 is 9.80 Å². The molecule has 0 fully saturated rings. The minimum Gasteiger partial charge on any atom is -0.311 e. The summed E-state index contributed by atoms with van der Waals surface area (Å²) in [5, 5.41) is 5.14. The average Bonchev–Trinajstić information content (AvgIpc) is 4.09. The SMILES string of the molecule is c1ccc(-c2ccc(N(c3ccc(-c4ccccc4)cc3)c3ccc(-c4ccc(N(c5ccc(-c6ccccc6)cc5)c5cc6c7c(ccc8cccc(c87)C6(c6ccccc6)c6ccccc6)c5)cc4)cc3)cc2)cc1. The number of hydrogen-bond donors (Lipinski definition) is 0. The Morgan fingerprint density at radius 3 is 0.857 bits per heavy atom. The first-order chi connectivity index (χ1) is 38.2. The largest absolute Gasteiger partial charge is 0.311 e. The van der Waals surface area contributed by atoms with E-state index in [9.17, 15) is 0 Å². The van der Waals surface area contributed by atoms with Crippen molar-refractivity contribution in [1.82, 2.24) is 0 Å². The lowest BCUT2D eigenvalue weighted by atomic mass is 9.67. The van der Waals surface area contributed by atoms with E-state index in [4.69, 9.17) is 0 Å². The summed E-state index contributed by atoms with van der Waals surface area (Å²) in [4.78, 5) is 4.79. The third kappa shape index (κ3) is 8.07. The molecule has 0 N–H and O–H groups in total. The lowest BCUT2D eigenvalue weighted by Gasteiger charge is -2.35. The molecule has 13 aromatic carbocycles. The van der Waals surface area contributed by atoms with E-state index in [1.807, 2.05) is 0 Å². The van der Waals surface area contributed by atoms with Crippen LogP contribution in [0.3, 0.4) is 0 Å². The zero-order valence-electron chi connectivity index (χ0n) is 42.4. The summed E-state index contributed by atoms with van der Waals surface area (Å²) in [6, 6.07) is 115. The van der Waals surface area contributed by atoms with E-state index in [2.05, 4.69) is 325 Å². The molecule has 2 heteroatoms. The average molecular weight is 981 g/mol. The highest BCUT2D eigenvalue weighted by molar-refractivity contribution is 6.17. The van der Waals surface area contributed by atoms with Gasteiger partial charge in [-0.25, -0.2) is 0 Å². The fourth-order valence-electron chi connectivity index (χ4n) is 12.1. The monoisotopic (exact) mass is 980 g/mol. The van der Waals surface area contributed by atoms with Gasteiger partial charge in [0.2, 0.25) is 0 Å². The van der Waals surface area contributed by atoms with Crippen molar-refractivity contribution in [2.24, 2.45) is 0 Å². The number of nitrogens with zero attached hydrogens (tertiary/aromatic N) is 2. The molecule has 13 aromatic rings. The molecule has 0 radical (unpaired) electrons. The van der Waals surface area contributed by atoms with Crippen LogP contribution in [-0.4, -0.2) is 0 Å². The lowest BCUT2D eigenvalue weighted by molar-refractivity contribution is 0.771. The Bertz CT molecular complexity index is 4060. The third-order valence-electron chi connectivity index (χ3n) is 15.7. The highest BCUT2D eigenvalue weighted by atomic mass is 15.1. The van der Waals surface area contributed by atoms with Crippen LogP contribution in [0.5, 0.6) is 0 Å². The van der Waals surface area contributed by atoms with Gasteiger partial charge in [0.05, 0.1) is 5.41 Å². The van der Waals surface area contributed by atoms with Gasteiger partial charge in [0.15, 0.2) is 0 Å². The smallest absolute Gasteiger partial charge is 0.0714 e. The molecule has 362 valence electrons. The van der Waals surface area contributed by atoms with E-state index < -0.39 is 5.41 Å². The van der Waals surface area contributed by atoms with E-state index >= 15 is 0 Å². The fourth-order valence-corrected chi connectivity index (χ4v) is 12.1. The van der Waals surface area contributed by atoms with Crippen molar-refractivity contribution in [1.29, 1.82) is 0 Å². The molecule has 1 aliphatic rings. The summed E-state index contributed by atoms with van der Waals surface area (Å²) < 4.78 is 0. The number of benzene rings is 13. The topological polar surface area (TPSA) is 6.48 Å². The van der Waals surface area contributed by atoms with Gasteiger partial charge in [-0.1, -0.05) is 243 Å². The first-order valence-electron chi connectivity index (χ1n) is 26.6. The van der Waals surface area contributed by atoms with Crippen LogP contribution in [-0.2, 0) is 5.41 Å². The van der Waals surface area contributed by atoms with Crippen molar-refractivity contribution in [3.05, 3.63) is 338 Å². The summed E-state index contributed by atoms with van der Waals surface area (Å²) in [7, 11) is 0.